The van der Waals surface area contributed by atoms with E-state index in [1.165, 1.54) is 11.3 Å². The van der Waals surface area contributed by atoms with Crippen LogP contribution in [0.15, 0.2) is 16.6 Å². The van der Waals surface area contributed by atoms with Crippen LogP contribution in [0.1, 0.15) is 11.7 Å². The lowest BCUT2D eigenvalue weighted by Crippen LogP contribution is -1.98. The Kier molecular flexibility index (Phi) is 3.37. The van der Waals surface area contributed by atoms with E-state index >= 15 is 0 Å². The van der Waals surface area contributed by atoms with Crippen molar-refractivity contribution in [3.8, 4) is 0 Å². The van der Waals surface area contributed by atoms with Crippen LogP contribution in [0, 0.1) is 0 Å². The molecule has 1 atom stereocenters. The highest BCUT2D eigenvalue weighted by atomic mass is 35.5. The maximum absolute atomic E-state index is 9.35. The van der Waals surface area contributed by atoms with E-state index in [-0.39, 0.29) is 6.54 Å². The van der Waals surface area contributed by atoms with E-state index in [0.29, 0.717) is 9.90 Å². The molecule has 0 saturated heterocycles. The molecule has 0 radical (unpaired) electrons. The summed E-state index contributed by atoms with van der Waals surface area (Å²) < 4.78 is 0.616. The van der Waals surface area contributed by atoms with Crippen molar-refractivity contribution < 1.29 is 5.11 Å². The molecule has 64 valence electrons. The summed E-state index contributed by atoms with van der Waals surface area (Å²) in [7, 11) is 0. The van der Waals surface area contributed by atoms with Gasteiger partial charge >= 0.3 is 0 Å². The third-order valence-electron chi connectivity index (χ3n) is 1.29. The monoisotopic (exact) mass is 203 g/mol. The Bertz CT molecular complexity index is 307. The molecule has 6 heteroatoms. The van der Waals surface area contributed by atoms with Crippen LogP contribution in [0.5, 0.6) is 0 Å². The van der Waals surface area contributed by atoms with Crippen LogP contribution in [0.2, 0.25) is 4.34 Å². The van der Waals surface area contributed by atoms with Crippen LogP contribution >= 0.6 is 22.9 Å². The zero-order valence-electron chi connectivity index (χ0n) is 6.01. The first-order chi connectivity index (χ1) is 5.74. The number of aliphatic hydroxyl groups excluding tert-OH is 1. The van der Waals surface area contributed by atoms with E-state index in [1.54, 1.807) is 11.4 Å². The second-order valence-electron chi connectivity index (χ2n) is 2.11. The molecule has 0 bridgehead atoms. The summed E-state index contributed by atoms with van der Waals surface area (Å²) in [5.74, 6) is 0. The topological polar surface area (TPSA) is 69.0 Å². The molecule has 1 heterocycles. The molecule has 0 aliphatic carbocycles. The van der Waals surface area contributed by atoms with Gasteiger partial charge in [-0.3, -0.25) is 0 Å². The molecule has 1 N–H and O–H groups in total. The number of hydrogen-bond acceptors (Lipinski definition) is 3. The van der Waals surface area contributed by atoms with Gasteiger partial charge in [-0.25, -0.2) is 0 Å². The molecule has 0 unspecified atom stereocenters. The molecular weight excluding hydrogens is 198 g/mol. The summed E-state index contributed by atoms with van der Waals surface area (Å²) >= 11 is 6.98. The van der Waals surface area contributed by atoms with Gasteiger partial charge < -0.3 is 5.11 Å². The maximum atomic E-state index is 9.35. The molecule has 1 aromatic heterocycles. The van der Waals surface area contributed by atoms with Crippen molar-refractivity contribution in [1.29, 1.82) is 0 Å². The van der Waals surface area contributed by atoms with Crippen molar-refractivity contribution in [2.75, 3.05) is 6.54 Å². The number of rotatable bonds is 3. The van der Waals surface area contributed by atoms with Crippen molar-refractivity contribution in [3.05, 3.63) is 31.8 Å². The summed E-state index contributed by atoms with van der Waals surface area (Å²) in [6, 6.07) is 1.66. The Hall–Kier alpha value is -0.740. The van der Waals surface area contributed by atoms with Gasteiger partial charge in [0, 0.05) is 4.91 Å². The second kappa shape index (κ2) is 4.33. The SMILES string of the molecule is [N-]=[N+]=NC[C@H](O)c1csc(Cl)c1. The van der Waals surface area contributed by atoms with E-state index in [9.17, 15) is 5.11 Å². The summed E-state index contributed by atoms with van der Waals surface area (Å²) in [6.07, 6.45) is -0.746. The highest BCUT2D eigenvalue weighted by Gasteiger charge is 2.07. The van der Waals surface area contributed by atoms with Gasteiger partial charge in [0.25, 0.3) is 0 Å². The quantitative estimate of drug-likeness (QED) is 0.458. The molecule has 0 aliphatic rings. The summed E-state index contributed by atoms with van der Waals surface area (Å²) in [5, 5.41) is 14.3. The molecular formula is C6H6ClN3OS. The summed E-state index contributed by atoms with van der Waals surface area (Å²) in [5.41, 5.74) is 8.68. The minimum Gasteiger partial charge on any atom is -0.388 e. The molecule has 0 saturated carbocycles. The lowest BCUT2D eigenvalue weighted by Gasteiger charge is -2.02. The van der Waals surface area contributed by atoms with E-state index in [0.717, 1.165) is 0 Å². The molecule has 0 amide bonds. The Morgan fingerprint density at radius 1 is 1.83 bits per heavy atom. The van der Waals surface area contributed by atoms with Crippen molar-refractivity contribution >= 4 is 22.9 Å². The molecule has 12 heavy (non-hydrogen) atoms. The fourth-order valence-electron chi connectivity index (χ4n) is 0.717. The van der Waals surface area contributed by atoms with Gasteiger partial charge in [0.15, 0.2) is 0 Å². The van der Waals surface area contributed by atoms with E-state index in [2.05, 4.69) is 10.0 Å². The standard InChI is InChI=1S/C6H6ClN3OS/c7-6-1-4(3-12-6)5(11)2-9-10-8/h1,3,5,11H,2H2/t5-/m0/s1. The van der Waals surface area contributed by atoms with Crippen LogP contribution in [0.4, 0.5) is 0 Å². The average Bonchev–Trinajstić information content (AvgIpc) is 2.47. The van der Waals surface area contributed by atoms with Crippen molar-refractivity contribution in [2.45, 2.75) is 6.10 Å². The Morgan fingerprint density at radius 2 is 2.58 bits per heavy atom. The summed E-state index contributed by atoms with van der Waals surface area (Å²) in [4.78, 5) is 2.54. The molecule has 0 fully saturated rings. The van der Waals surface area contributed by atoms with Crippen molar-refractivity contribution in [1.82, 2.24) is 0 Å². The zero-order valence-corrected chi connectivity index (χ0v) is 7.59. The van der Waals surface area contributed by atoms with Gasteiger partial charge in [0.05, 0.1) is 17.0 Å². The first-order valence-electron chi connectivity index (χ1n) is 3.17. The largest absolute Gasteiger partial charge is 0.388 e. The molecule has 1 aromatic rings. The highest BCUT2D eigenvalue weighted by Crippen LogP contribution is 2.24. The normalized spacial score (nSPS) is 12.2. The van der Waals surface area contributed by atoms with E-state index in [1.807, 2.05) is 0 Å². The van der Waals surface area contributed by atoms with Crippen LogP contribution in [-0.2, 0) is 0 Å². The van der Waals surface area contributed by atoms with Crippen LogP contribution in [0.3, 0.4) is 0 Å². The molecule has 0 spiro atoms. The van der Waals surface area contributed by atoms with Crippen molar-refractivity contribution in [3.63, 3.8) is 0 Å². The van der Waals surface area contributed by atoms with Gasteiger partial charge in [-0.2, -0.15) is 0 Å². The number of nitrogens with zero attached hydrogens (tertiary/aromatic N) is 3. The van der Waals surface area contributed by atoms with Gasteiger partial charge in [0.2, 0.25) is 0 Å². The lowest BCUT2D eigenvalue weighted by molar-refractivity contribution is 0.187. The van der Waals surface area contributed by atoms with Gasteiger partial charge in [-0.1, -0.05) is 16.7 Å². The van der Waals surface area contributed by atoms with Gasteiger partial charge in [-0.15, -0.1) is 11.3 Å². The Morgan fingerprint density at radius 3 is 3.08 bits per heavy atom. The summed E-state index contributed by atoms with van der Waals surface area (Å²) in [6.45, 7) is 0.0452. The third kappa shape index (κ3) is 2.39. The number of thiophene rings is 1. The number of hydrogen-bond donors (Lipinski definition) is 1. The Balaban J connectivity index is 2.64. The second-order valence-corrected chi connectivity index (χ2v) is 3.66. The number of azide groups is 1. The smallest absolute Gasteiger partial charge is 0.0932 e. The predicted molar refractivity (Wildman–Crippen MR) is 48.3 cm³/mol. The minimum atomic E-state index is -0.746. The van der Waals surface area contributed by atoms with Gasteiger partial charge in [0.1, 0.15) is 0 Å². The third-order valence-corrected chi connectivity index (χ3v) is 2.40. The highest BCUT2D eigenvalue weighted by molar-refractivity contribution is 7.14. The molecule has 1 rings (SSSR count). The molecule has 4 nitrogen and oxygen atoms in total. The van der Waals surface area contributed by atoms with Gasteiger partial charge in [-0.05, 0) is 22.5 Å². The van der Waals surface area contributed by atoms with E-state index < -0.39 is 6.10 Å². The van der Waals surface area contributed by atoms with Crippen molar-refractivity contribution in [2.24, 2.45) is 5.11 Å². The minimum absolute atomic E-state index is 0.0452. The zero-order chi connectivity index (χ0) is 8.97. The van der Waals surface area contributed by atoms with E-state index in [4.69, 9.17) is 17.1 Å². The fraction of sp³-hybridized carbons (Fsp3) is 0.333. The average molecular weight is 204 g/mol. The first kappa shape index (κ1) is 9.35. The molecule has 0 aromatic carbocycles. The lowest BCUT2D eigenvalue weighted by atomic mass is 10.2. The number of aliphatic hydroxyl groups is 1. The number of halogens is 1. The Labute approximate surface area is 78.0 Å². The predicted octanol–water partition coefficient (Wildman–Crippen LogP) is 2.75. The maximum Gasteiger partial charge on any atom is 0.0932 e. The van der Waals surface area contributed by atoms with Crippen LogP contribution in [0.25, 0.3) is 10.4 Å². The first-order valence-corrected chi connectivity index (χ1v) is 4.42. The molecule has 0 aliphatic heterocycles. The van der Waals surface area contributed by atoms with Crippen LogP contribution in [-0.4, -0.2) is 11.7 Å². The fourth-order valence-corrected chi connectivity index (χ4v) is 1.65. The van der Waals surface area contributed by atoms with Crippen LogP contribution < -0.4 is 0 Å².